The zero-order valence-corrected chi connectivity index (χ0v) is 21.3. The van der Waals surface area contributed by atoms with Gasteiger partial charge in [-0.3, -0.25) is 9.80 Å². The van der Waals surface area contributed by atoms with E-state index in [0.717, 1.165) is 60.6 Å². The quantitative estimate of drug-likeness (QED) is 0.522. The lowest BCUT2D eigenvalue weighted by atomic mass is 10.1. The van der Waals surface area contributed by atoms with E-state index in [2.05, 4.69) is 21.9 Å². The molecule has 34 heavy (non-hydrogen) atoms. The third-order valence-corrected chi connectivity index (χ3v) is 7.81. The number of nitriles is 2. The molecule has 0 aromatic heterocycles. The molecule has 0 unspecified atom stereocenters. The molecule has 4 rings (SSSR count). The molecule has 1 aromatic carbocycles. The van der Waals surface area contributed by atoms with Crippen molar-refractivity contribution in [2.45, 2.75) is 9.79 Å². The monoisotopic (exact) mass is 506 g/mol. The van der Waals surface area contributed by atoms with E-state index in [4.69, 9.17) is 18.9 Å². The highest BCUT2D eigenvalue weighted by atomic mass is 32.2. The average Bonchev–Trinajstić information content (AvgIpc) is 2.85. The van der Waals surface area contributed by atoms with Crippen LogP contribution in [0.1, 0.15) is 11.1 Å². The van der Waals surface area contributed by atoms with Crippen molar-refractivity contribution in [3.63, 3.8) is 0 Å². The third-order valence-electron chi connectivity index (χ3n) is 5.61. The van der Waals surface area contributed by atoms with Gasteiger partial charge in [0.15, 0.2) is 0 Å². The van der Waals surface area contributed by atoms with Gasteiger partial charge in [-0.1, -0.05) is 0 Å². The first-order valence-electron chi connectivity index (χ1n) is 11.8. The van der Waals surface area contributed by atoms with Crippen LogP contribution in [0.4, 0.5) is 0 Å². The highest BCUT2D eigenvalue weighted by Gasteiger charge is 2.14. The van der Waals surface area contributed by atoms with Gasteiger partial charge < -0.3 is 18.9 Å². The number of ether oxygens (including phenoxy) is 4. The van der Waals surface area contributed by atoms with E-state index in [1.807, 2.05) is 12.1 Å². The van der Waals surface area contributed by atoms with E-state index < -0.39 is 0 Å². The molecule has 8 nitrogen and oxygen atoms in total. The van der Waals surface area contributed by atoms with Crippen LogP contribution < -0.4 is 0 Å². The zero-order chi connectivity index (χ0) is 23.8. The van der Waals surface area contributed by atoms with Crippen LogP contribution in [-0.2, 0) is 18.9 Å². The summed E-state index contributed by atoms with van der Waals surface area (Å²) < 4.78 is 23.2. The molecule has 0 spiro atoms. The normalized spacial score (nSPS) is 24.8. The lowest BCUT2D eigenvalue weighted by Crippen LogP contribution is -2.35. The predicted molar refractivity (Wildman–Crippen MR) is 133 cm³/mol. The second-order valence-electron chi connectivity index (χ2n) is 7.90. The largest absolute Gasteiger partial charge is 0.378 e. The Morgan fingerprint density at radius 3 is 1.24 bits per heavy atom. The molecule has 3 aliphatic rings. The fourth-order valence-electron chi connectivity index (χ4n) is 3.63. The summed E-state index contributed by atoms with van der Waals surface area (Å²) in [5.74, 6) is 1.76. The molecule has 0 saturated carbocycles. The fraction of sp³-hybridized carbons (Fsp3) is 0.667. The Kier molecular flexibility index (Phi) is 13.1. The summed E-state index contributed by atoms with van der Waals surface area (Å²) in [5.41, 5.74) is 0.876. The maximum absolute atomic E-state index is 9.51. The predicted octanol–water partition coefficient (Wildman–Crippen LogP) is 2.31. The first-order chi connectivity index (χ1) is 16.8. The average molecular weight is 507 g/mol. The maximum Gasteiger partial charge on any atom is 0.101 e. The van der Waals surface area contributed by atoms with Gasteiger partial charge >= 0.3 is 0 Å². The van der Waals surface area contributed by atoms with Crippen molar-refractivity contribution in [1.29, 1.82) is 10.5 Å². The number of nitrogens with zero attached hydrogens (tertiary/aromatic N) is 4. The Labute approximate surface area is 211 Å². The summed E-state index contributed by atoms with van der Waals surface area (Å²) in [6, 6.07) is 8.10. The van der Waals surface area contributed by atoms with Crippen LogP contribution in [0.2, 0.25) is 0 Å². The molecule has 2 bridgehead atoms. The minimum Gasteiger partial charge on any atom is -0.378 e. The lowest BCUT2D eigenvalue weighted by Gasteiger charge is -2.24. The minimum absolute atomic E-state index is 0.438. The molecule has 0 radical (unpaired) electrons. The van der Waals surface area contributed by atoms with Crippen molar-refractivity contribution < 1.29 is 18.9 Å². The maximum atomic E-state index is 9.51. The van der Waals surface area contributed by atoms with E-state index in [0.29, 0.717) is 64.0 Å². The standard InChI is InChI=1S/C24H34N4O4S2/c25-19-21-17-23-24(18-22(21)20-26)34-16-6-28-3-9-31-12-11-29-7-1-27(5-15-33-23)2-8-30-13-14-32-10-4-28/h17-18H,1-16H2. The highest BCUT2D eigenvalue weighted by molar-refractivity contribution is 8.02. The van der Waals surface area contributed by atoms with Crippen molar-refractivity contribution in [3.05, 3.63) is 23.3 Å². The molecule has 0 atom stereocenters. The van der Waals surface area contributed by atoms with Crippen LogP contribution in [0, 0.1) is 22.7 Å². The molecule has 1 saturated heterocycles. The molecule has 3 heterocycles. The number of rotatable bonds is 0. The van der Waals surface area contributed by atoms with Crippen molar-refractivity contribution in [2.75, 3.05) is 104 Å². The van der Waals surface area contributed by atoms with Gasteiger partial charge in [0.2, 0.25) is 0 Å². The lowest BCUT2D eigenvalue weighted by molar-refractivity contribution is 0.00950. The van der Waals surface area contributed by atoms with Gasteiger partial charge in [0, 0.05) is 60.6 Å². The summed E-state index contributed by atoms with van der Waals surface area (Å²) >= 11 is 3.49. The van der Waals surface area contributed by atoms with Crippen LogP contribution in [0.15, 0.2) is 21.9 Å². The molecule has 0 aliphatic carbocycles. The van der Waals surface area contributed by atoms with Crippen LogP contribution in [0.3, 0.4) is 0 Å². The molecule has 3 aliphatic heterocycles. The van der Waals surface area contributed by atoms with E-state index in [1.54, 1.807) is 23.5 Å². The summed E-state index contributed by atoms with van der Waals surface area (Å²) in [6.45, 7) is 10.1. The van der Waals surface area contributed by atoms with Gasteiger partial charge in [0.25, 0.3) is 0 Å². The van der Waals surface area contributed by atoms with Crippen molar-refractivity contribution >= 4 is 23.5 Å². The minimum atomic E-state index is 0.438. The molecular formula is C24H34N4O4S2. The summed E-state index contributed by atoms with van der Waals surface area (Å²) in [4.78, 5) is 6.82. The van der Waals surface area contributed by atoms with Crippen LogP contribution in [-0.4, -0.2) is 113 Å². The summed E-state index contributed by atoms with van der Waals surface area (Å²) in [6.07, 6.45) is 0. The summed E-state index contributed by atoms with van der Waals surface area (Å²) in [5, 5.41) is 19.0. The first kappa shape index (κ1) is 27.3. The first-order valence-corrected chi connectivity index (χ1v) is 13.8. The molecule has 186 valence electrons. The SMILES string of the molecule is N#Cc1cc2c(cc1C#N)SCCN1CCOCCOCCN(CCOCCOCC1)CCS2. The second-order valence-corrected chi connectivity index (χ2v) is 10.2. The molecule has 0 amide bonds. The number of hydrogen-bond donors (Lipinski definition) is 0. The van der Waals surface area contributed by atoms with E-state index >= 15 is 0 Å². The Morgan fingerprint density at radius 2 is 0.912 bits per heavy atom. The van der Waals surface area contributed by atoms with E-state index in [1.165, 1.54) is 0 Å². The van der Waals surface area contributed by atoms with Crippen molar-refractivity contribution in [3.8, 4) is 12.1 Å². The highest BCUT2D eigenvalue weighted by Crippen LogP contribution is 2.33. The Morgan fingerprint density at radius 1 is 0.559 bits per heavy atom. The number of benzene rings is 1. The van der Waals surface area contributed by atoms with Crippen LogP contribution in [0.25, 0.3) is 0 Å². The van der Waals surface area contributed by atoms with Gasteiger partial charge in [-0.25, -0.2) is 0 Å². The third kappa shape index (κ3) is 9.73. The van der Waals surface area contributed by atoms with Crippen LogP contribution in [0.5, 0.6) is 0 Å². The molecule has 1 aromatic rings. The van der Waals surface area contributed by atoms with Gasteiger partial charge in [0.1, 0.15) is 12.1 Å². The Hall–Kier alpha value is -1.34. The molecular weight excluding hydrogens is 472 g/mol. The fourth-order valence-corrected chi connectivity index (χ4v) is 5.93. The van der Waals surface area contributed by atoms with E-state index in [-0.39, 0.29) is 0 Å². The van der Waals surface area contributed by atoms with E-state index in [9.17, 15) is 10.5 Å². The zero-order valence-electron chi connectivity index (χ0n) is 19.7. The Balaban J connectivity index is 1.80. The van der Waals surface area contributed by atoms with Gasteiger partial charge in [0.05, 0.1) is 64.0 Å². The van der Waals surface area contributed by atoms with Crippen molar-refractivity contribution in [1.82, 2.24) is 9.80 Å². The van der Waals surface area contributed by atoms with Gasteiger partial charge in [-0.05, 0) is 12.1 Å². The number of thioether (sulfide) groups is 2. The number of hydrogen-bond acceptors (Lipinski definition) is 10. The number of fused-ring (bicyclic) bond motifs is 18. The second kappa shape index (κ2) is 16.4. The van der Waals surface area contributed by atoms with Gasteiger partial charge in [-0.2, -0.15) is 10.5 Å². The van der Waals surface area contributed by atoms with Crippen molar-refractivity contribution in [2.24, 2.45) is 0 Å². The summed E-state index contributed by atoms with van der Waals surface area (Å²) in [7, 11) is 0. The van der Waals surface area contributed by atoms with Crippen LogP contribution >= 0.6 is 23.5 Å². The Bertz CT molecular complexity index is 743. The smallest absolute Gasteiger partial charge is 0.101 e. The van der Waals surface area contributed by atoms with Gasteiger partial charge in [-0.15, -0.1) is 23.5 Å². The molecule has 1 fully saturated rings. The molecule has 10 heteroatoms. The molecule has 0 N–H and O–H groups in total. The topological polar surface area (TPSA) is 91.0 Å².